The van der Waals surface area contributed by atoms with Crippen LogP contribution in [0.4, 0.5) is 0 Å². The molecule has 0 aliphatic heterocycles. The molecule has 10 heavy (non-hydrogen) atoms. The monoisotopic (exact) mass is 290 g/mol. The van der Waals surface area contributed by atoms with Crippen LogP contribution in [0.25, 0.3) is 0 Å². The maximum Gasteiger partial charge on any atom is 0 e. The Morgan fingerprint density at radius 1 is 0.500 bits per heavy atom. The molecule has 0 heterocycles. The van der Waals surface area contributed by atoms with Gasteiger partial charge >= 0.3 is 0 Å². The zero-order valence-electron chi connectivity index (χ0n) is 4.41. The van der Waals surface area contributed by atoms with Gasteiger partial charge in [-0.2, -0.15) is 0 Å². The van der Waals surface area contributed by atoms with Crippen molar-refractivity contribution in [2.24, 2.45) is 0 Å². The minimum absolute atomic E-state index is 0. The molecule has 0 aromatic carbocycles. The standard InChI is InChI=1S/Ce.3H2O3/c;3*1-3-2/h;3*1-2H. The summed E-state index contributed by atoms with van der Waals surface area (Å²) >= 11 is 0. The maximum atomic E-state index is 6.62. The fourth-order valence-corrected chi connectivity index (χ4v) is 0. The summed E-state index contributed by atoms with van der Waals surface area (Å²) in [6.45, 7) is 0. The van der Waals surface area contributed by atoms with Crippen molar-refractivity contribution in [3.63, 3.8) is 0 Å². The van der Waals surface area contributed by atoms with Gasteiger partial charge in [0, 0.05) is 41.7 Å². The van der Waals surface area contributed by atoms with Crippen LogP contribution in [0.15, 0.2) is 0 Å². The average molecular weight is 290 g/mol. The third kappa shape index (κ3) is 561. The molecule has 64 valence electrons. The van der Waals surface area contributed by atoms with E-state index in [1.54, 1.807) is 0 Å². The van der Waals surface area contributed by atoms with E-state index < -0.39 is 0 Å². The van der Waals surface area contributed by atoms with Crippen molar-refractivity contribution in [1.82, 2.24) is 0 Å². The summed E-state index contributed by atoms with van der Waals surface area (Å²) < 4.78 is 0. The van der Waals surface area contributed by atoms with Crippen LogP contribution in [-0.2, 0) is 15.1 Å². The van der Waals surface area contributed by atoms with Crippen LogP contribution in [0, 0.1) is 41.7 Å². The minimum Gasteiger partial charge on any atom is -0.221 e. The number of rotatable bonds is 0. The second-order valence-corrected chi connectivity index (χ2v) is 0.245. The molecule has 0 fully saturated rings. The van der Waals surface area contributed by atoms with E-state index in [1.807, 2.05) is 0 Å². The van der Waals surface area contributed by atoms with Crippen LogP contribution in [0.5, 0.6) is 0 Å². The van der Waals surface area contributed by atoms with E-state index in [0.717, 1.165) is 0 Å². The fraction of sp³-hybridized carbons (Fsp3) is 0. The zero-order valence-corrected chi connectivity index (χ0v) is 7.55. The Hall–Kier alpha value is 1.02. The van der Waals surface area contributed by atoms with Gasteiger partial charge in [-0.1, -0.05) is 15.1 Å². The third-order valence-electron chi connectivity index (χ3n) is 0. The van der Waals surface area contributed by atoms with Crippen molar-refractivity contribution in [2.75, 3.05) is 0 Å². The molecule has 10 heteroatoms. The molecule has 0 saturated carbocycles. The van der Waals surface area contributed by atoms with Gasteiger partial charge in [0.2, 0.25) is 0 Å². The molecule has 0 aliphatic rings. The van der Waals surface area contributed by atoms with Crippen molar-refractivity contribution < 1.29 is 88.4 Å². The molecule has 0 saturated heterocycles. The van der Waals surface area contributed by atoms with Gasteiger partial charge in [-0.3, -0.25) is 0 Å². The topological polar surface area (TPSA) is 149 Å². The Labute approximate surface area is 88.0 Å². The molecule has 0 aromatic rings. The van der Waals surface area contributed by atoms with Gasteiger partial charge in [-0.15, -0.1) is 0 Å². The minimum atomic E-state index is 0. The van der Waals surface area contributed by atoms with Gasteiger partial charge in [0.25, 0.3) is 0 Å². The first-order valence-corrected chi connectivity index (χ1v) is 1.10. The molecule has 0 rings (SSSR count). The van der Waals surface area contributed by atoms with Crippen molar-refractivity contribution in [2.45, 2.75) is 0 Å². The molecule has 0 atom stereocenters. The van der Waals surface area contributed by atoms with Crippen LogP contribution < -0.4 is 0 Å². The molecule has 0 radical (unpaired) electrons. The van der Waals surface area contributed by atoms with Gasteiger partial charge in [-0.05, 0) is 0 Å². The van der Waals surface area contributed by atoms with Gasteiger partial charge in [-0.25, -0.2) is 31.5 Å². The van der Waals surface area contributed by atoms with E-state index in [1.165, 1.54) is 0 Å². The predicted molar refractivity (Wildman–Crippen MR) is 19.0 cm³/mol. The summed E-state index contributed by atoms with van der Waals surface area (Å²) in [5.74, 6) is 0. The van der Waals surface area contributed by atoms with E-state index in [0.29, 0.717) is 0 Å². The Bertz CT molecular complexity index is 9.44. The molecule has 0 unspecified atom stereocenters. The molecule has 6 N–H and O–H groups in total. The van der Waals surface area contributed by atoms with Crippen molar-refractivity contribution in [3.05, 3.63) is 0 Å². The first-order chi connectivity index (χ1) is 4.24. The summed E-state index contributed by atoms with van der Waals surface area (Å²) in [6, 6.07) is 0. The summed E-state index contributed by atoms with van der Waals surface area (Å²) in [7, 11) is 0. The van der Waals surface area contributed by atoms with E-state index in [-0.39, 0.29) is 41.7 Å². The molecule has 0 aliphatic carbocycles. The van der Waals surface area contributed by atoms with Crippen LogP contribution in [0.1, 0.15) is 0 Å². The van der Waals surface area contributed by atoms with Crippen LogP contribution in [0.2, 0.25) is 0 Å². The summed E-state index contributed by atoms with van der Waals surface area (Å²) in [4.78, 5) is 0. The van der Waals surface area contributed by atoms with Gasteiger partial charge in [0.15, 0.2) is 0 Å². The molecule has 0 bridgehead atoms. The zero-order chi connectivity index (χ0) is 8.12. The van der Waals surface area contributed by atoms with Crippen LogP contribution in [0.3, 0.4) is 0 Å². The van der Waals surface area contributed by atoms with Gasteiger partial charge < -0.3 is 0 Å². The van der Waals surface area contributed by atoms with Crippen LogP contribution in [-0.4, -0.2) is 31.5 Å². The van der Waals surface area contributed by atoms with E-state index in [9.17, 15) is 0 Å². The SMILES string of the molecule is OOO.OOO.OOO.[Ce]. The summed E-state index contributed by atoms with van der Waals surface area (Å²) in [5.41, 5.74) is 0. The summed E-state index contributed by atoms with van der Waals surface area (Å²) in [5, 5.41) is 46.5. The molecule has 0 aromatic heterocycles. The second kappa shape index (κ2) is 50.5. The molecule has 9 nitrogen and oxygen atoms in total. The van der Waals surface area contributed by atoms with E-state index >= 15 is 0 Å². The van der Waals surface area contributed by atoms with Crippen LogP contribution >= 0.6 is 0 Å². The van der Waals surface area contributed by atoms with Gasteiger partial charge in [0.05, 0.1) is 0 Å². The van der Waals surface area contributed by atoms with Crippen molar-refractivity contribution in [1.29, 1.82) is 0 Å². The van der Waals surface area contributed by atoms with Gasteiger partial charge in [0.1, 0.15) is 0 Å². The fourth-order valence-electron chi connectivity index (χ4n) is 0. The average Bonchev–Trinajstić information content (AvgIpc) is 1.70. The molecule has 0 amide bonds. The normalized spacial score (nSPS) is 5.40. The molecule has 0 spiro atoms. The van der Waals surface area contributed by atoms with Crippen molar-refractivity contribution >= 4 is 0 Å². The smallest absolute Gasteiger partial charge is 0 e. The van der Waals surface area contributed by atoms with Crippen molar-refractivity contribution in [3.8, 4) is 0 Å². The number of hydrogen-bond acceptors (Lipinski definition) is 9. The quantitative estimate of drug-likeness (QED) is 0.264. The second-order valence-electron chi connectivity index (χ2n) is 0.245. The summed E-state index contributed by atoms with van der Waals surface area (Å²) in [6.07, 6.45) is 0. The number of hydrogen-bond donors (Lipinski definition) is 6. The van der Waals surface area contributed by atoms with E-state index in [4.69, 9.17) is 31.5 Å². The predicted octanol–water partition coefficient (Wildman–Crippen LogP) is -0.153. The Morgan fingerprint density at radius 2 is 0.500 bits per heavy atom. The Morgan fingerprint density at radius 3 is 0.500 bits per heavy atom. The Balaban J connectivity index is -0.0000000257. The third-order valence-corrected chi connectivity index (χ3v) is 0. The molecular formula is H6CeO9. The Kier molecular flexibility index (Phi) is 113. The maximum absolute atomic E-state index is 6.62. The molecular weight excluding hydrogens is 284 g/mol. The first-order valence-electron chi connectivity index (χ1n) is 1.10. The largest absolute Gasteiger partial charge is 0.221 e. The first kappa shape index (κ1) is 22.5. The van der Waals surface area contributed by atoms with E-state index in [2.05, 4.69) is 15.1 Å².